The molecule has 0 atom stereocenters. The van der Waals surface area contributed by atoms with Gasteiger partial charge in [-0.1, -0.05) is 6.07 Å². The molecule has 0 aliphatic carbocycles. The van der Waals surface area contributed by atoms with E-state index < -0.39 is 40.6 Å². The summed E-state index contributed by atoms with van der Waals surface area (Å²) in [6.45, 7) is 0. The lowest BCUT2D eigenvalue weighted by Crippen LogP contribution is -2.04. The van der Waals surface area contributed by atoms with Gasteiger partial charge in [0.2, 0.25) is 5.88 Å². The van der Waals surface area contributed by atoms with Gasteiger partial charge in [-0.15, -0.1) is 0 Å². The Morgan fingerprint density at radius 1 is 1.04 bits per heavy atom. The zero-order valence-electron chi connectivity index (χ0n) is 13.9. The van der Waals surface area contributed by atoms with Crippen molar-refractivity contribution in [2.45, 2.75) is 0 Å². The number of carbonyl (C=O) groups is 1. The van der Waals surface area contributed by atoms with Gasteiger partial charge in [0.15, 0.2) is 23.1 Å². The third kappa shape index (κ3) is 3.69. The van der Waals surface area contributed by atoms with E-state index in [1.165, 1.54) is 31.4 Å². The maximum atomic E-state index is 14.5. The molecule has 27 heavy (non-hydrogen) atoms. The Balaban J connectivity index is 2.11. The summed E-state index contributed by atoms with van der Waals surface area (Å²) in [5.74, 6) is -4.88. The fourth-order valence-electron chi connectivity index (χ4n) is 2.36. The Kier molecular flexibility index (Phi) is 4.98. The molecule has 0 amide bonds. The van der Waals surface area contributed by atoms with Crippen LogP contribution in [0, 0.1) is 17.5 Å². The molecule has 1 aromatic heterocycles. The SMILES string of the molecule is COc1cccc(-c2ccc(C(=O)O)c(Oc3cc(F)ccc3F)n2)c1F. The molecule has 8 heteroatoms. The van der Waals surface area contributed by atoms with Crippen LogP contribution in [0.1, 0.15) is 10.4 Å². The van der Waals surface area contributed by atoms with Crippen molar-refractivity contribution in [2.24, 2.45) is 0 Å². The first-order valence-corrected chi connectivity index (χ1v) is 7.61. The van der Waals surface area contributed by atoms with E-state index in [-0.39, 0.29) is 17.0 Å². The fourth-order valence-corrected chi connectivity index (χ4v) is 2.36. The second-order valence-corrected chi connectivity index (χ2v) is 5.35. The average Bonchev–Trinajstić information content (AvgIpc) is 2.64. The number of methoxy groups -OCH3 is 1. The summed E-state index contributed by atoms with van der Waals surface area (Å²) in [7, 11) is 1.30. The zero-order valence-corrected chi connectivity index (χ0v) is 13.9. The molecule has 0 saturated heterocycles. The Labute approximate surface area is 151 Å². The topological polar surface area (TPSA) is 68.7 Å². The molecule has 2 aromatic carbocycles. The molecule has 3 rings (SSSR count). The molecule has 1 N–H and O–H groups in total. The van der Waals surface area contributed by atoms with E-state index in [0.717, 1.165) is 24.3 Å². The largest absolute Gasteiger partial charge is 0.494 e. The van der Waals surface area contributed by atoms with Crippen molar-refractivity contribution in [2.75, 3.05) is 7.11 Å². The summed E-state index contributed by atoms with van der Waals surface area (Å²) in [6.07, 6.45) is 0. The van der Waals surface area contributed by atoms with Crippen molar-refractivity contribution in [3.05, 3.63) is 71.5 Å². The summed E-state index contributed by atoms with van der Waals surface area (Å²) in [4.78, 5) is 15.4. The molecule has 0 saturated carbocycles. The Morgan fingerprint density at radius 2 is 1.81 bits per heavy atom. The second kappa shape index (κ2) is 7.36. The zero-order chi connectivity index (χ0) is 19.6. The molecule has 0 aliphatic heterocycles. The number of rotatable bonds is 5. The van der Waals surface area contributed by atoms with Crippen molar-refractivity contribution < 1.29 is 32.5 Å². The Bertz CT molecular complexity index is 1020. The summed E-state index contributed by atoms with van der Waals surface area (Å²) in [5.41, 5.74) is -0.343. The van der Waals surface area contributed by atoms with E-state index in [1.807, 2.05) is 0 Å². The summed E-state index contributed by atoms with van der Waals surface area (Å²) in [5, 5.41) is 9.28. The highest BCUT2D eigenvalue weighted by atomic mass is 19.1. The van der Waals surface area contributed by atoms with Gasteiger partial charge in [-0.05, 0) is 36.4 Å². The third-order valence-corrected chi connectivity index (χ3v) is 3.65. The standard InChI is InChI=1S/C19H12F3NO4/c1-26-15-4-2-3-11(17(15)22)14-8-6-12(19(24)25)18(23-14)27-16-9-10(20)5-7-13(16)21/h2-9H,1H3,(H,24,25). The minimum absolute atomic E-state index is 0.0239. The number of nitrogens with zero attached hydrogens (tertiary/aromatic N) is 1. The van der Waals surface area contributed by atoms with Crippen LogP contribution in [0.4, 0.5) is 13.2 Å². The molecule has 0 spiro atoms. The molecule has 0 fully saturated rings. The van der Waals surface area contributed by atoms with Gasteiger partial charge in [-0.25, -0.2) is 22.9 Å². The second-order valence-electron chi connectivity index (χ2n) is 5.35. The molecule has 5 nitrogen and oxygen atoms in total. The number of ether oxygens (including phenoxy) is 2. The van der Waals surface area contributed by atoms with Gasteiger partial charge in [0.25, 0.3) is 0 Å². The quantitative estimate of drug-likeness (QED) is 0.702. The highest BCUT2D eigenvalue weighted by Crippen LogP contribution is 2.32. The minimum atomic E-state index is -1.40. The number of hydrogen-bond donors (Lipinski definition) is 1. The van der Waals surface area contributed by atoms with Crippen LogP contribution in [0.15, 0.2) is 48.5 Å². The summed E-state index contributed by atoms with van der Waals surface area (Å²) in [6, 6.07) is 9.22. The lowest BCUT2D eigenvalue weighted by Gasteiger charge is -2.12. The third-order valence-electron chi connectivity index (χ3n) is 3.65. The number of pyridine rings is 1. The highest BCUT2D eigenvalue weighted by Gasteiger charge is 2.19. The maximum Gasteiger partial charge on any atom is 0.341 e. The highest BCUT2D eigenvalue weighted by molar-refractivity contribution is 5.90. The smallest absolute Gasteiger partial charge is 0.341 e. The van der Waals surface area contributed by atoms with E-state index in [4.69, 9.17) is 9.47 Å². The Hall–Kier alpha value is -3.55. The van der Waals surface area contributed by atoms with E-state index in [0.29, 0.717) is 0 Å². The molecule has 3 aromatic rings. The van der Waals surface area contributed by atoms with E-state index >= 15 is 0 Å². The van der Waals surface area contributed by atoms with Crippen molar-refractivity contribution in [1.29, 1.82) is 0 Å². The van der Waals surface area contributed by atoms with Crippen LogP contribution in [0.5, 0.6) is 17.4 Å². The van der Waals surface area contributed by atoms with Crippen LogP contribution >= 0.6 is 0 Å². The van der Waals surface area contributed by atoms with E-state index in [2.05, 4.69) is 4.98 Å². The maximum absolute atomic E-state index is 14.5. The van der Waals surface area contributed by atoms with Crippen molar-refractivity contribution >= 4 is 5.97 Å². The molecule has 138 valence electrons. The molecule has 1 heterocycles. The number of hydrogen-bond acceptors (Lipinski definition) is 4. The summed E-state index contributed by atoms with van der Waals surface area (Å²) < 4.78 is 51.7. The van der Waals surface area contributed by atoms with Gasteiger partial charge < -0.3 is 14.6 Å². The number of aromatic nitrogens is 1. The van der Waals surface area contributed by atoms with Gasteiger partial charge >= 0.3 is 5.97 Å². The van der Waals surface area contributed by atoms with Crippen LogP contribution in [-0.4, -0.2) is 23.2 Å². The number of carboxylic acid groups (broad SMARTS) is 1. The van der Waals surface area contributed by atoms with Crippen molar-refractivity contribution in [3.8, 4) is 28.6 Å². The van der Waals surface area contributed by atoms with Crippen LogP contribution in [0.3, 0.4) is 0 Å². The predicted molar refractivity (Wildman–Crippen MR) is 89.6 cm³/mol. The van der Waals surface area contributed by atoms with Gasteiger partial charge in [0.05, 0.1) is 12.8 Å². The molecule has 0 bridgehead atoms. The van der Waals surface area contributed by atoms with Gasteiger partial charge in [0.1, 0.15) is 11.4 Å². The van der Waals surface area contributed by atoms with Gasteiger partial charge in [-0.3, -0.25) is 0 Å². The van der Waals surface area contributed by atoms with Gasteiger partial charge in [-0.2, -0.15) is 0 Å². The number of benzene rings is 2. The molecule has 0 radical (unpaired) electrons. The molecular weight excluding hydrogens is 363 g/mol. The predicted octanol–water partition coefficient (Wildman–Crippen LogP) is 4.67. The first-order valence-electron chi connectivity index (χ1n) is 7.61. The lowest BCUT2D eigenvalue weighted by molar-refractivity contribution is 0.0693. The number of carboxylic acids is 1. The molecule has 0 unspecified atom stereocenters. The van der Waals surface area contributed by atoms with Crippen molar-refractivity contribution in [3.63, 3.8) is 0 Å². The van der Waals surface area contributed by atoms with E-state index in [9.17, 15) is 23.1 Å². The lowest BCUT2D eigenvalue weighted by atomic mass is 10.1. The Morgan fingerprint density at radius 3 is 2.52 bits per heavy atom. The minimum Gasteiger partial charge on any atom is -0.494 e. The van der Waals surface area contributed by atoms with E-state index in [1.54, 1.807) is 0 Å². The average molecular weight is 375 g/mol. The van der Waals surface area contributed by atoms with Gasteiger partial charge in [0, 0.05) is 11.6 Å². The monoisotopic (exact) mass is 375 g/mol. The molecular formula is C19H12F3NO4. The molecule has 0 aliphatic rings. The van der Waals surface area contributed by atoms with Crippen LogP contribution in [0.2, 0.25) is 0 Å². The first kappa shape index (κ1) is 18.2. The fraction of sp³-hybridized carbons (Fsp3) is 0.0526. The normalized spacial score (nSPS) is 10.5. The van der Waals surface area contributed by atoms with Crippen LogP contribution in [-0.2, 0) is 0 Å². The number of halogens is 3. The van der Waals surface area contributed by atoms with Crippen LogP contribution < -0.4 is 9.47 Å². The number of aromatic carboxylic acids is 1. The summed E-state index contributed by atoms with van der Waals surface area (Å²) >= 11 is 0. The van der Waals surface area contributed by atoms with Crippen LogP contribution in [0.25, 0.3) is 11.3 Å². The van der Waals surface area contributed by atoms with Crippen molar-refractivity contribution in [1.82, 2.24) is 4.98 Å². The first-order chi connectivity index (χ1) is 12.9.